The molecule has 1 atom stereocenters. The van der Waals surface area contributed by atoms with Crippen LogP contribution in [0.4, 0.5) is 16.0 Å². The fraction of sp³-hybridized carbons (Fsp3) is 0.115. The summed E-state index contributed by atoms with van der Waals surface area (Å²) in [6.45, 7) is 0. The van der Waals surface area contributed by atoms with Crippen LogP contribution >= 0.6 is 15.9 Å². The van der Waals surface area contributed by atoms with Crippen LogP contribution in [0.25, 0.3) is 16.8 Å². The van der Waals surface area contributed by atoms with Gasteiger partial charge in [0.1, 0.15) is 11.6 Å². The van der Waals surface area contributed by atoms with Gasteiger partial charge in [0.25, 0.3) is 5.78 Å². The van der Waals surface area contributed by atoms with E-state index in [1.165, 1.54) is 23.1 Å². The molecule has 1 saturated heterocycles. The predicted octanol–water partition coefficient (Wildman–Crippen LogP) is 5.16. The van der Waals surface area contributed by atoms with Crippen LogP contribution in [-0.2, 0) is 9.59 Å². The van der Waals surface area contributed by atoms with E-state index in [1.807, 2.05) is 31.1 Å². The molecule has 5 rings (SSSR count). The Bertz CT molecular complexity index is 1490. The van der Waals surface area contributed by atoms with Crippen molar-refractivity contribution >= 4 is 56.0 Å². The second-order valence-electron chi connectivity index (χ2n) is 8.38. The number of rotatable bonds is 4. The van der Waals surface area contributed by atoms with Crippen molar-refractivity contribution in [2.24, 2.45) is 0 Å². The maximum Gasteiger partial charge on any atom is 0.302 e. The van der Waals surface area contributed by atoms with Crippen molar-refractivity contribution in [1.29, 1.82) is 0 Å². The lowest BCUT2D eigenvalue weighted by Gasteiger charge is -2.23. The molecule has 0 bridgehead atoms. The molecule has 0 saturated carbocycles. The Morgan fingerprint density at radius 1 is 1.06 bits per heavy atom. The number of anilines is 2. The van der Waals surface area contributed by atoms with E-state index in [0.29, 0.717) is 22.2 Å². The molecule has 9 heteroatoms. The largest absolute Gasteiger partial charge is 0.507 e. The van der Waals surface area contributed by atoms with Crippen LogP contribution in [-0.4, -0.2) is 40.9 Å². The molecule has 2 heterocycles. The molecule has 3 aromatic carbocycles. The number of aromatic amines is 1. The fourth-order valence-corrected chi connectivity index (χ4v) is 4.43. The highest BCUT2D eigenvalue weighted by Gasteiger charge is 2.48. The van der Waals surface area contributed by atoms with Crippen molar-refractivity contribution in [3.8, 4) is 0 Å². The van der Waals surface area contributed by atoms with E-state index in [-0.39, 0.29) is 17.3 Å². The lowest BCUT2D eigenvalue weighted by molar-refractivity contribution is -0.132. The van der Waals surface area contributed by atoms with Crippen LogP contribution in [0.2, 0.25) is 0 Å². The first-order valence-electron chi connectivity index (χ1n) is 10.7. The molecule has 7 nitrogen and oxygen atoms in total. The zero-order valence-electron chi connectivity index (χ0n) is 18.8. The van der Waals surface area contributed by atoms with Crippen molar-refractivity contribution < 1.29 is 19.1 Å². The minimum atomic E-state index is -0.944. The van der Waals surface area contributed by atoms with Gasteiger partial charge in [-0.1, -0.05) is 40.2 Å². The molecular formula is C26H20BrFN4O3. The van der Waals surface area contributed by atoms with Gasteiger partial charge in [-0.3, -0.25) is 14.5 Å². The van der Waals surface area contributed by atoms with E-state index in [0.717, 1.165) is 10.2 Å². The van der Waals surface area contributed by atoms with Crippen LogP contribution in [0.15, 0.2) is 76.8 Å². The van der Waals surface area contributed by atoms with Crippen LogP contribution in [0.5, 0.6) is 0 Å². The summed E-state index contributed by atoms with van der Waals surface area (Å²) in [7, 11) is 3.81. The summed E-state index contributed by atoms with van der Waals surface area (Å²) < 4.78 is 14.6. The van der Waals surface area contributed by atoms with Gasteiger partial charge >= 0.3 is 5.91 Å². The average molecular weight is 535 g/mol. The van der Waals surface area contributed by atoms with E-state index >= 15 is 0 Å². The summed E-state index contributed by atoms with van der Waals surface area (Å²) in [4.78, 5) is 37.1. The number of hydrogen-bond donors (Lipinski definition) is 2. The number of Topliss-reactive ketones (excluding diaryl/α,β-unsaturated/α-hetero) is 1. The van der Waals surface area contributed by atoms with Gasteiger partial charge < -0.3 is 15.0 Å². The Hall–Kier alpha value is -3.98. The monoisotopic (exact) mass is 534 g/mol. The number of fused-ring (bicyclic) bond motifs is 1. The van der Waals surface area contributed by atoms with Crippen molar-refractivity contribution in [3.05, 3.63) is 93.7 Å². The number of nitrogens with one attached hydrogen (secondary N) is 1. The minimum absolute atomic E-state index is 0.0541. The van der Waals surface area contributed by atoms with Gasteiger partial charge in [0.05, 0.1) is 22.6 Å². The summed E-state index contributed by atoms with van der Waals surface area (Å²) >= 11 is 3.36. The van der Waals surface area contributed by atoms with E-state index in [2.05, 4.69) is 25.9 Å². The third-order valence-electron chi connectivity index (χ3n) is 5.95. The third-order valence-corrected chi connectivity index (χ3v) is 6.48. The molecule has 1 fully saturated rings. The molecule has 176 valence electrons. The number of imidazole rings is 1. The van der Waals surface area contributed by atoms with Crippen LogP contribution in [0.3, 0.4) is 0 Å². The maximum absolute atomic E-state index is 13.8. The normalized spacial score (nSPS) is 17.4. The molecule has 35 heavy (non-hydrogen) atoms. The molecule has 1 amide bonds. The summed E-state index contributed by atoms with van der Waals surface area (Å²) in [6.07, 6.45) is 0. The Morgan fingerprint density at radius 2 is 1.74 bits per heavy atom. The van der Waals surface area contributed by atoms with E-state index in [1.54, 1.807) is 36.4 Å². The quantitative estimate of drug-likeness (QED) is 0.214. The molecule has 4 aromatic rings. The van der Waals surface area contributed by atoms with Gasteiger partial charge in [-0.25, -0.2) is 9.37 Å². The molecule has 0 aliphatic carbocycles. The molecule has 1 unspecified atom stereocenters. The van der Waals surface area contributed by atoms with Crippen molar-refractivity contribution in [2.45, 2.75) is 6.04 Å². The number of carbonyl (C=O) groups is 2. The first-order valence-corrected chi connectivity index (χ1v) is 11.5. The summed E-state index contributed by atoms with van der Waals surface area (Å²) in [6, 6.07) is 17.2. The number of aromatic nitrogens is 2. The molecule has 2 N–H and O–H groups in total. The molecule has 0 spiro atoms. The average Bonchev–Trinajstić information content (AvgIpc) is 3.37. The number of ketones is 1. The standard InChI is InChI=1S/C26H20BrFN4O3/c1-31(2)18-10-5-14(6-11-18)22-21(23(33)15-3-7-16(27)8-4-15)24(34)25(35)32(22)26-29-19-12-9-17(28)13-20(19)30-26/h3-13,22,33H,1-2H3,(H,29,30)/b23-21+. The van der Waals surface area contributed by atoms with Crippen molar-refractivity contribution in [3.63, 3.8) is 0 Å². The highest BCUT2D eigenvalue weighted by Crippen LogP contribution is 2.42. The molecule has 1 aromatic heterocycles. The van der Waals surface area contributed by atoms with Gasteiger partial charge in [-0.15, -0.1) is 0 Å². The number of aliphatic hydroxyl groups is 1. The second kappa shape index (κ2) is 8.66. The number of carbonyl (C=O) groups excluding carboxylic acids is 2. The smallest absolute Gasteiger partial charge is 0.302 e. The van der Waals surface area contributed by atoms with Crippen LogP contribution < -0.4 is 9.80 Å². The van der Waals surface area contributed by atoms with Crippen LogP contribution in [0.1, 0.15) is 17.2 Å². The number of hydrogen-bond acceptors (Lipinski definition) is 5. The molecule has 1 aliphatic heterocycles. The highest BCUT2D eigenvalue weighted by molar-refractivity contribution is 9.10. The molecular weight excluding hydrogens is 515 g/mol. The van der Waals surface area contributed by atoms with Crippen LogP contribution in [0, 0.1) is 5.82 Å². The molecule has 0 radical (unpaired) electrons. The minimum Gasteiger partial charge on any atom is -0.507 e. The first-order chi connectivity index (χ1) is 16.7. The zero-order chi connectivity index (χ0) is 24.9. The highest BCUT2D eigenvalue weighted by atomic mass is 79.9. The molecule has 1 aliphatic rings. The van der Waals surface area contributed by atoms with E-state index in [9.17, 15) is 19.1 Å². The second-order valence-corrected chi connectivity index (χ2v) is 9.30. The summed E-state index contributed by atoms with van der Waals surface area (Å²) in [5.74, 6) is -2.34. The lowest BCUT2D eigenvalue weighted by atomic mass is 9.95. The van der Waals surface area contributed by atoms with Gasteiger partial charge in [0.15, 0.2) is 0 Å². The Labute approximate surface area is 208 Å². The van der Waals surface area contributed by atoms with Gasteiger partial charge in [0, 0.05) is 29.8 Å². The number of benzene rings is 3. The lowest BCUT2D eigenvalue weighted by Crippen LogP contribution is -2.30. The summed E-state index contributed by atoms with van der Waals surface area (Å²) in [5.41, 5.74) is 2.71. The fourth-order valence-electron chi connectivity index (χ4n) is 4.17. The van der Waals surface area contributed by atoms with Gasteiger partial charge in [-0.05, 0) is 48.0 Å². The van der Waals surface area contributed by atoms with E-state index in [4.69, 9.17) is 0 Å². The Balaban J connectivity index is 1.71. The number of nitrogens with zero attached hydrogens (tertiary/aromatic N) is 3. The topological polar surface area (TPSA) is 89.5 Å². The maximum atomic E-state index is 13.8. The zero-order valence-corrected chi connectivity index (χ0v) is 20.4. The number of amides is 1. The SMILES string of the molecule is CN(C)c1ccc(C2/C(=C(\O)c3ccc(Br)cc3)C(=O)C(=O)N2c2nc3ccc(F)cc3[nH]2)cc1. The van der Waals surface area contributed by atoms with Gasteiger partial charge in [-0.2, -0.15) is 0 Å². The number of aliphatic hydroxyl groups excluding tert-OH is 1. The Kier molecular flexibility index (Phi) is 5.64. The third kappa shape index (κ3) is 3.97. The number of H-pyrrole nitrogens is 1. The predicted molar refractivity (Wildman–Crippen MR) is 136 cm³/mol. The van der Waals surface area contributed by atoms with Gasteiger partial charge in [0.2, 0.25) is 5.95 Å². The van der Waals surface area contributed by atoms with Crippen molar-refractivity contribution in [1.82, 2.24) is 9.97 Å². The first kappa shape index (κ1) is 22.8. The Morgan fingerprint density at radius 3 is 2.40 bits per heavy atom. The number of halogens is 2. The van der Waals surface area contributed by atoms with E-state index < -0.39 is 23.5 Å². The van der Waals surface area contributed by atoms with Crippen molar-refractivity contribution in [2.75, 3.05) is 23.9 Å². The summed E-state index contributed by atoms with van der Waals surface area (Å²) in [5, 5.41) is 11.2.